The van der Waals surface area contributed by atoms with Gasteiger partial charge in [-0.2, -0.15) is 18.3 Å². The lowest BCUT2D eigenvalue weighted by molar-refractivity contribution is -0.139. The summed E-state index contributed by atoms with van der Waals surface area (Å²) in [6.45, 7) is 4.09. The molecule has 0 unspecified atom stereocenters. The predicted octanol–water partition coefficient (Wildman–Crippen LogP) is 4.83. The SMILES string of the molecule is Cc1cnn(Cc2nc(-c3cccc(C(F)(F)F)c3F)sc2C)c1. The van der Waals surface area contributed by atoms with Gasteiger partial charge in [0.25, 0.3) is 0 Å². The van der Waals surface area contributed by atoms with Gasteiger partial charge < -0.3 is 0 Å². The average molecular weight is 355 g/mol. The molecule has 2 aromatic heterocycles. The van der Waals surface area contributed by atoms with E-state index in [1.807, 2.05) is 13.1 Å². The molecule has 0 bridgehead atoms. The van der Waals surface area contributed by atoms with Crippen molar-refractivity contribution >= 4 is 11.3 Å². The highest BCUT2D eigenvalue weighted by Crippen LogP contribution is 2.37. The molecule has 1 aromatic carbocycles. The summed E-state index contributed by atoms with van der Waals surface area (Å²) in [6.07, 6.45) is -1.19. The summed E-state index contributed by atoms with van der Waals surface area (Å²) < 4.78 is 54.5. The third-order valence-corrected chi connectivity index (χ3v) is 4.55. The van der Waals surface area contributed by atoms with Crippen molar-refractivity contribution in [1.29, 1.82) is 0 Å². The molecule has 0 spiro atoms. The Morgan fingerprint density at radius 1 is 1.21 bits per heavy atom. The fourth-order valence-electron chi connectivity index (χ4n) is 2.31. The number of hydrogen-bond donors (Lipinski definition) is 0. The van der Waals surface area contributed by atoms with Gasteiger partial charge in [-0.15, -0.1) is 11.3 Å². The third kappa shape index (κ3) is 3.19. The highest BCUT2D eigenvalue weighted by atomic mass is 32.1. The predicted molar refractivity (Wildman–Crippen MR) is 83.3 cm³/mol. The van der Waals surface area contributed by atoms with Crippen LogP contribution in [0.1, 0.15) is 21.7 Å². The zero-order valence-electron chi connectivity index (χ0n) is 12.9. The van der Waals surface area contributed by atoms with Crippen LogP contribution in [0.2, 0.25) is 0 Å². The Hall–Kier alpha value is -2.22. The van der Waals surface area contributed by atoms with E-state index in [2.05, 4.69) is 10.1 Å². The number of nitrogens with zero attached hydrogens (tertiary/aromatic N) is 3. The molecule has 2 heterocycles. The van der Waals surface area contributed by atoms with Gasteiger partial charge in [0.15, 0.2) is 0 Å². The maximum Gasteiger partial charge on any atom is 0.419 e. The van der Waals surface area contributed by atoms with Crippen molar-refractivity contribution in [2.45, 2.75) is 26.6 Å². The fourth-order valence-corrected chi connectivity index (χ4v) is 3.25. The van der Waals surface area contributed by atoms with Crippen molar-refractivity contribution in [3.05, 3.63) is 58.1 Å². The van der Waals surface area contributed by atoms with E-state index in [0.29, 0.717) is 12.2 Å². The molecule has 0 fully saturated rings. The first-order valence-electron chi connectivity index (χ1n) is 7.07. The molecule has 0 saturated carbocycles. The molecule has 0 aliphatic carbocycles. The number of benzene rings is 1. The Morgan fingerprint density at radius 2 is 1.96 bits per heavy atom. The Bertz CT molecular complexity index is 880. The number of thiazole rings is 1. The second kappa shape index (κ2) is 6.01. The molecule has 3 nitrogen and oxygen atoms in total. The van der Waals surface area contributed by atoms with E-state index in [1.165, 1.54) is 23.5 Å². The lowest BCUT2D eigenvalue weighted by atomic mass is 10.1. The second-order valence-electron chi connectivity index (χ2n) is 5.40. The number of halogens is 4. The molecular formula is C16H13F4N3S. The van der Waals surface area contributed by atoms with Crippen LogP contribution in [0.4, 0.5) is 17.6 Å². The smallest absolute Gasteiger partial charge is 0.266 e. The van der Waals surface area contributed by atoms with Gasteiger partial charge in [-0.25, -0.2) is 9.37 Å². The van der Waals surface area contributed by atoms with E-state index in [0.717, 1.165) is 16.5 Å². The summed E-state index contributed by atoms with van der Waals surface area (Å²) in [7, 11) is 0. The van der Waals surface area contributed by atoms with Crippen LogP contribution in [-0.2, 0) is 12.7 Å². The maximum absolute atomic E-state index is 14.3. The number of aromatic nitrogens is 3. The Balaban J connectivity index is 1.98. The zero-order valence-corrected chi connectivity index (χ0v) is 13.7. The average Bonchev–Trinajstić information content (AvgIpc) is 3.05. The van der Waals surface area contributed by atoms with Gasteiger partial charge in [0.1, 0.15) is 10.8 Å². The number of hydrogen-bond acceptors (Lipinski definition) is 3. The largest absolute Gasteiger partial charge is 0.419 e. The summed E-state index contributed by atoms with van der Waals surface area (Å²) in [5.74, 6) is -1.29. The molecule has 0 aliphatic heterocycles. The van der Waals surface area contributed by atoms with Gasteiger partial charge in [0.2, 0.25) is 0 Å². The number of alkyl halides is 3. The first-order valence-corrected chi connectivity index (χ1v) is 7.89. The molecule has 0 N–H and O–H groups in total. The van der Waals surface area contributed by atoms with Crippen LogP contribution in [0.15, 0.2) is 30.6 Å². The molecule has 3 rings (SSSR count). The van der Waals surface area contributed by atoms with Gasteiger partial charge in [-0.3, -0.25) is 4.68 Å². The molecule has 8 heteroatoms. The van der Waals surface area contributed by atoms with Crippen molar-refractivity contribution in [2.24, 2.45) is 0 Å². The molecular weight excluding hydrogens is 342 g/mol. The van der Waals surface area contributed by atoms with Crippen molar-refractivity contribution in [2.75, 3.05) is 0 Å². The molecule has 0 aliphatic rings. The first-order chi connectivity index (χ1) is 11.3. The second-order valence-corrected chi connectivity index (χ2v) is 6.61. The normalized spacial score (nSPS) is 11.9. The molecule has 0 atom stereocenters. The van der Waals surface area contributed by atoms with Crippen molar-refractivity contribution < 1.29 is 17.6 Å². The van der Waals surface area contributed by atoms with Crippen LogP contribution in [0.25, 0.3) is 10.6 Å². The quantitative estimate of drug-likeness (QED) is 0.630. The van der Waals surface area contributed by atoms with Crippen LogP contribution in [-0.4, -0.2) is 14.8 Å². The summed E-state index contributed by atoms with van der Waals surface area (Å²) in [4.78, 5) is 5.13. The van der Waals surface area contributed by atoms with Crippen LogP contribution in [0.3, 0.4) is 0 Å². The van der Waals surface area contributed by atoms with Gasteiger partial charge in [0.05, 0.1) is 24.0 Å². The molecule has 24 heavy (non-hydrogen) atoms. The van der Waals surface area contributed by atoms with Crippen molar-refractivity contribution in [3.8, 4) is 10.6 Å². The molecule has 126 valence electrons. The summed E-state index contributed by atoms with van der Waals surface area (Å²) in [5.41, 5.74) is 0.236. The van der Waals surface area contributed by atoms with E-state index in [4.69, 9.17) is 0 Å². The molecule has 0 saturated heterocycles. The van der Waals surface area contributed by atoms with Gasteiger partial charge in [-0.05, 0) is 31.5 Å². The topological polar surface area (TPSA) is 30.7 Å². The van der Waals surface area contributed by atoms with E-state index in [1.54, 1.807) is 17.8 Å². The minimum atomic E-state index is -4.73. The fraction of sp³-hybridized carbons (Fsp3) is 0.250. The lowest BCUT2D eigenvalue weighted by Crippen LogP contribution is -2.08. The van der Waals surface area contributed by atoms with Crippen LogP contribution in [0, 0.1) is 19.7 Å². The van der Waals surface area contributed by atoms with E-state index in [9.17, 15) is 17.6 Å². The Labute approximate surface area is 139 Å². The van der Waals surface area contributed by atoms with E-state index < -0.39 is 17.6 Å². The minimum Gasteiger partial charge on any atom is -0.266 e. The Kier molecular flexibility index (Phi) is 4.16. The molecule has 0 amide bonds. The van der Waals surface area contributed by atoms with Crippen LogP contribution < -0.4 is 0 Å². The van der Waals surface area contributed by atoms with E-state index >= 15 is 0 Å². The van der Waals surface area contributed by atoms with E-state index in [-0.39, 0.29) is 10.6 Å². The van der Waals surface area contributed by atoms with Crippen molar-refractivity contribution in [1.82, 2.24) is 14.8 Å². The minimum absolute atomic E-state index is 0.138. The van der Waals surface area contributed by atoms with Gasteiger partial charge in [0, 0.05) is 16.6 Å². The third-order valence-electron chi connectivity index (χ3n) is 3.50. The highest BCUT2D eigenvalue weighted by molar-refractivity contribution is 7.15. The summed E-state index contributed by atoms with van der Waals surface area (Å²) in [6, 6.07) is 3.23. The van der Waals surface area contributed by atoms with Crippen LogP contribution >= 0.6 is 11.3 Å². The van der Waals surface area contributed by atoms with Gasteiger partial charge in [-0.1, -0.05) is 6.07 Å². The zero-order chi connectivity index (χ0) is 17.5. The maximum atomic E-state index is 14.3. The van der Waals surface area contributed by atoms with Crippen LogP contribution in [0.5, 0.6) is 0 Å². The number of aryl methyl sites for hydroxylation is 2. The van der Waals surface area contributed by atoms with Crippen molar-refractivity contribution in [3.63, 3.8) is 0 Å². The summed E-state index contributed by atoms with van der Waals surface area (Å²) in [5, 5.41) is 4.39. The summed E-state index contributed by atoms with van der Waals surface area (Å²) >= 11 is 1.17. The number of rotatable bonds is 3. The molecule has 3 aromatic rings. The highest BCUT2D eigenvalue weighted by Gasteiger charge is 2.35. The standard InChI is InChI=1S/C16H13F4N3S/c1-9-6-21-23(7-9)8-13-10(2)24-15(22-13)11-4-3-5-12(14(11)17)16(18,19)20/h3-7H,8H2,1-2H3. The lowest BCUT2D eigenvalue weighted by Gasteiger charge is -2.09. The molecule has 0 radical (unpaired) electrons. The monoisotopic (exact) mass is 355 g/mol. The first kappa shape index (κ1) is 16.6. The Morgan fingerprint density at radius 3 is 2.58 bits per heavy atom. The van der Waals surface area contributed by atoms with Gasteiger partial charge >= 0.3 is 6.18 Å².